The van der Waals surface area contributed by atoms with Gasteiger partial charge in [-0.1, -0.05) is 56.1 Å². The van der Waals surface area contributed by atoms with E-state index in [-0.39, 0.29) is 5.57 Å². The van der Waals surface area contributed by atoms with Gasteiger partial charge in [0, 0.05) is 8.95 Å². The van der Waals surface area contributed by atoms with Gasteiger partial charge in [-0.05, 0) is 71.7 Å². The number of nitrogens with one attached hydrogen (secondary N) is 1. The Balaban J connectivity index is 1.73. The van der Waals surface area contributed by atoms with Crippen molar-refractivity contribution in [3.05, 3.63) is 97.9 Å². The molecule has 4 amide bonds. The summed E-state index contributed by atoms with van der Waals surface area (Å²) in [6.45, 7) is 0. The van der Waals surface area contributed by atoms with E-state index in [2.05, 4.69) is 37.2 Å². The molecule has 1 heterocycles. The van der Waals surface area contributed by atoms with Crippen LogP contribution in [0, 0.1) is 0 Å². The van der Waals surface area contributed by atoms with Crippen molar-refractivity contribution >= 4 is 61.5 Å². The third-order valence-corrected chi connectivity index (χ3v) is 6.45. The highest BCUT2D eigenvalue weighted by atomic mass is 79.9. The number of hydrogen-bond acceptors (Lipinski definition) is 4. The quantitative estimate of drug-likeness (QED) is 0.326. The van der Waals surface area contributed by atoms with Crippen LogP contribution >= 0.6 is 31.9 Å². The minimum atomic E-state index is -0.796. The van der Waals surface area contributed by atoms with Gasteiger partial charge < -0.3 is 4.74 Å². The highest BCUT2D eigenvalue weighted by molar-refractivity contribution is 9.10. The lowest BCUT2D eigenvalue weighted by molar-refractivity contribution is -0.122. The smallest absolute Gasteiger partial charge is 0.335 e. The SMILES string of the molecule is COc1ccc(N2C(=O)NC(=O)/C(=C\c3cc(Br)ccc3Cc3ccccc3Br)C2=O)cc1. The number of nitrogens with zero attached hydrogens (tertiary/aromatic N) is 1. The monoisotopic (exact) mass is 568 g/mol. The number of hydrogen-bond donors (Lipinski definition) is 1. The Kier molecular flexibility index (Phi) is 6.76. The third kappa shape index (κ3) is 4.91. The summed E-state index contributed by atoms with van der Waals surface area (Å²) in [5.41, 5.74) is 2.89. The van der Waals surface area contributed by atoms with Crippen molar-refractivity contribution in [3.8, 4) is 5.75 Å². The van der Waals surface area contributed by atoms with Gasteiger partial charge in [-0.3, -0.25) is 14.9 Å². The number of carbonyl (C=O) groups is 3. The van der Waals surface area contributed by atoms with Crippen molar-refractivity contribution in [2.45, 2.75) is 6.42 Å². The first-order valence-corrected chi connectivity index (χ1v) is 11.5. The lowest BCUT2D eigenvalue weighted by Crippen LogP contribution is -2.54. The maximum Gasteiger partial charge on any atom is 0.335 e. The van der Waals surface area contributed by atoms with Gasteiger partial charge in [0.15, 0.2) is 0 Å². The summed E-state index contributed by atoms with van der Waals surface area (Å²) in [5.74, 6) is -0.844. The molecular formula is C25H18Br2N2O4. The van der Waals surface area contributed by atoms with Gasteiger partial charge in [0.1, 0.15) is 11.3 Å². The number of halogens is 2. The summed E-state index contributed by atoms with van der Waals surface area (Å²) in [6.07, 6.45) is 2.11. The van der Waals surface area contributed by atoms with E-state index in [4.69, 9.17) is 4.74 Å². The summed E-state index contributed by atoms with van der Waals surface area (Å²) in [6, 6.07) is 19.2. The summed E-state index contributed by atoms with van der Waals surface area (Å²) in [7, 11) is 1.52. The number of urea groups is 1. The number of rotatable bonds is 5. The lowest BCUT2D eigenvalue weighted by atomic mass is 9.97. The average Bonchev–Trinajstić information content (AvgIpc) is 2.80. The highest BCUT2D eigenvalue weighted by Crippen LogP contribution is 2.28. The highest BCUT2D eigenvalue weighted by Gasteiger charge is 2.37. The van der Waals surface area contributed by atoms with E-state index in [1.165, 1.54) is 13.2 Å². The minimum Gasteiger partial charge on any atom is -0.497 e. The first kappa shape index (κ1) is 22.9. The van der Waals surface area contributed by atoms with Crippen LogP contribution in [0.5, 0.6) is 5.75 Å². The molecule has 3 aromatic carbocycles. The molecule has 0 bridgehead atoms. The van der Waals surface area contributed by atoms with Gasteiger partial charge in [0.2, 0.25) is 0 Å². The van der Waals surface area contributed by atoms with E-state index in [9.17, 15) is 14.4 Å². The molecule has 1 aliphatic heterocycles. The average molecular weight is 570 g/mol. The number of anilines is 1. The fourth-order valence-corrected chi connectivity index (χ4v) is 4.29. The molecule has 166 valence electrons. The molecule has 4 rings (SSSR count). The number of ether oxygens (including phenoxy) is 1. The van der Waals surface area contributed by atoms with Crippen molar-refractivity contribution in [1.29, 1.82) is 0 Å². The molecule has 33 heavy (non-hydrogen) atoms. The van der Waals surface area contributed by atoms with Crippen LogP contribution in [0.3, 0.4) is 0 Å². The van der Waals surface area contributed by atoms with Crippen molar-refractivity contribution in [3.63, 3.8) is 0 Å². The maximum absolute atomic E-state index is 13.2. The van der Waals surface area contributed by atoms with E-state index < -0.39 is 17.8 Å². The Bertz CT molecular complexity index is 1290. The number of methoxy groups -OCH3 is 1. The molecule has 0 atom stereocenters. The molecule has 6 nitrogen and oxygen atoms in total. The van der Waals surface area contributed by atoms with Crippen LogP contribution in [0.25, 0.3) is 6.08 Å². The maximum atomic E-state index is 13.2. The van der Waals surface area contributed by atoms with E-state index in [1.807, 2.05) is 42.5 Å². The minimum absolute atomic E-state index is 0.128. The van der Waals surface area contributed by atoms with Crippen LogP contribution in [0.4, 0.5) is 10.5 Å². The van der Waals surface area contributed by atoms with Crippen LogP contribution < -0.4 is 15.0 Å². The fraction of sp³-hybridized carbons (Fsp3) is 0.0800. The predicted molar refractivity (Wildman–Crippen MR) is 133 cm³/mol. The fourth-order valence-electron chi connectivity index (χ4n) is 3.49. The zero-order valence-electron chi connectivity index (χ0n) is 17.5. The molecule has 0 spiro atoms. The number of benzene rings is 3. The number of barbiturate groups is 1. The molecule has 0 radical (unpaired) electrons. The second-order valence-electron chi connectivity index (χ2n) is 7.27. The Morgan fingerprint density at radius 3 is 2.36 bits per heavy atom. The Morgan fingerprint density at radius 1 is 0.939 bits per heavy atom. The van der Waals surface area contributed by atoms with Gasteiger partial charge in [-0.2, -0.15) is 0 Å². The summed E-state index contributed by atoms with van der Waals surface area (Å²) in [4.78, 5) is 39.3. The van der Waals surface area contributed by atoms with Gasteiger partial charge in [-0.15, -0.1) is 0 Å². The molecule has 3 aromatic rings. The van der Waals surface area contributed by atoms with Crippen molar-refractivity contribution in [2.24, 2.45) is 0 Å². The summed E-state index contributed by atoms with van der Waals surface area (Å²) in [5, 5.41) is 2.26. The summed E-state index contributed by atoms with van der Waals surface area (Å²) >= 11 is 7.03. The van der Waals surface area contributed by atoms with Crippen LogP contribution in [-0.2, 0) is 16.0 Å². The molecule has 0 unspecified atom stereocenters. The largest absolute Gasteiger partial charge is 0.497 e. The van der Waals surface area contributed by atoms with E-state index in [0.29, 0.717) is 23.4 Å². The van der Waals surface area contributed by atoms with Gasteiger partial charge in [-0.25, -0.2) is 9.69 Å². The Morgan fingerprint density at radius 2 is 1.67 bits per heavy atom. The molecular weight excluding hydrogens is 552 g/mol. The van der Waals surface area contributed by atoms with Crippen LogP contribution in [-0.4, -0.2) is 25.0 Å². The molecule has 1 saturated heterocycles. The van der Waals surface area contributed by atoms with E-state index >= 15 is 0 Å². The summed E-state index contributed by atoms with van der Waals surface area (Å²) < 4.78 is 6.90. The van der Waals surface area contributed by atoms with Crippen molar-refractivity contribution in [2.75, 3.05) is 12.0 Å². The first-order chi connectivity index (χ1) is 15.9. The predicted octanol–water partition coefficient (Wildman–Crippen LogP) is 5.48. The normalized spacial score (nSPS) is 15.1. The van der Waals surface area contributed by atoms with Crippen LogP contribution in [0.2, 0.25) is 0 Å². The molecule has 0 aromatic heterocycles. The van der Waals surface area contributed by atoms with Gasteiger partial charge >= 0.3 is 6.03 Å². The molecule has 1 fully saturated rings. The van der Waals surface area contributed by atoms with Gasteiger partial charge in [0.05, 0.1) is 12.8 Å². The van der Waals surface area contributed by atoms with Crippen molar-refractivity contribution in [1.82, 2.24) is 5.32 Å². The second kappa shape index (κ2) is 9.72. The molecule has 8 heteroatoms. The number of imide groups is 2. The van der Waals surface area contributed by atoms with Crippen LogP contribution in [0.1, 0.15) is 16.7 Å². The van der Waals surface area contributed by atoms with Crippen molar-refractivity contribution < 1.29 is 19.1 Å². The molecule has 1 N–H and O–H groups in total. The standard InChI is InChI=1S/C25H18Br2N2O4/c1-33-20-10-8-19(9-11-20)29-24(31)21(23(30)28-25(29)32)14-17-13-18(26)7-6-15(17)12-16-4-2-3-5-22(16)27/h2-11,13-14H,12H2,1H3,(H,28,30,32)/b21-14+. The molecule has 1 aliphatic rings. The Hall–Kier alpha value is -3.23. The Labute approximate surface area is 207 Å². The first-order valence-electron chi connectivity index (χ1n) is 9.94. The number of carbonyl (C=O) groups excluding carboxylic acids is 3. The zero-order valence-corrected chi connectivity index (χ0v) is 20.6. The molecule has 0 aliphatic carbocycles. The molecule has 0 saturated carbocycles. The van der Waals surface area contributed by atoms with E-state index in [1.54, 1.807) is 24.3 Å². The number of amides is 4. The second-order valence-corrected chi connectivity index (χ2v) is 9.04. The third-order valence-electron chi connectivity index (χ3n) is 5.18. The lowest BCUT2D eigenvalue weighted by Gasteiger charge is -2.26. The topological polar surface area (TPSA) is 75.7 Å². The zero-order chi connectivity index (χ0) is 23.5. The van der Waals surface area contributed by atoms with Gasteiger partial charge in [0.25, 0.3) is 11.8 Å². The van der Waals surface area contributed by atoms with Crippen LogP contribution in [0.15, 0.2) is 81.2 Å². The van der Waals surface area contributed by atoms with E-state index in [0.717, 1.165) is 25.0 Å².